The number of carboxylic acid groups (broad SMARTS) is 2. The number of hydrogen-bond acceptors (Lipinski definition) is 3. The third-order valence-corrected chi connectivity index (χ3v) is 3.70. The fraction of sp³-hybridized carbons (Fsp3) is 0.400. The summed E-state index contributed by atoms with van der Waals surface area (Å²) >= 11 is 0. The van der Waals surface area contributed by atoms with Crippen LogP contribution in [0.15, 0.2) is 24.3 Å². The Hall–Kier alpha value is -2.57. The molecule has 1 heterocycles. The number of urea groups is 1. The number of piperidine rings is 1. The Morgan fingerprint density at radius 2 is 2.05 bits per heavy atom. The van der Waals surface area contributed by atoms with Crippen molar-refractivity contribution in [2.75, 3.05) is 19.6 Å². The molecule has 0 aliphatic carbocycles. The monoisotopic (exact) mass is 306 g/mol. The number of nitrogens with one attached hydrogen (secondary N) is 1. The summed E-state index contributed by atoms with van der Waals surface area (Å²) in [6.45, 7) is 0.615. The van der Waals surface area contributed by atoms with Gasteiger partial charge in [0, 0.05) is 19.0 Å². The Balaban J connectivity index is 2.04. The molecule has 118 valence electrons. The SMILES string of the molecule is O=C(O)CNC(=O)N1CCC[C@@H](c2cccc(C(=O)O)c2)C1. The van der Waals surface area contributed by atoms with Crippen LogP contribution in [0.3, 0.4) is 0 Å². The summed E-state index contributed by atoms with van der Waals surface area (Å²) in [5, 5.41) is 20.0. The number of amides is 2. The maximum atomic E-state index is 11.9. The van der Waals surface area contributed by atoms with Crippen LogP contribution >= 0.6 is 0 Å². The van der Waals surface area contributed by atoms with E-state index >= 15 is 0 Å². The lowest BCUT2D eigenvalue weighted by Crippen LogP contribution is -2.46. The van der Waals surface area contributed by atoms with Crippen molar-refractivity contribution in [2.45, 2.75) is 18.8 Å². The zero-order valence-electron chi connectivity index (χ0n) is 12.0. The van der Waals surface area contributed by atoms with Gasteiger partial charge in [0.2, 0.25) is 0 Å². The molecule has 1 aliphatic heterocycles. The number of rotatable bonds is 4. The van der Waals surface area contributed by atoms with Crippen molar-refractivity contribution in [1.82, 2.24) is 10.2 Å². The van der Waals surface area contributed by atoms with E-state index in [0.29, 0.717) is 13.1 Å². The molecular formula is C15H18N2O5. The van der Waals surface area contributed by atoms with Crippen molar-refractivity contribution in [3.8, 4) is 0 Å². The number of nitrogens with zero attached hydrogens (tertiary/aromatic N) is 1. The third-order valence-electron chi connectivity index (χ3n) is 3.70. The van der Waals surface area contributed by atoms with Crippen LogP contribution in [0.5, 0.6) is 0 Å². The second kappa shape index (κ2) is 6.93. The molecule has 0 saturated carbocycles. The average Bonchev–Trinajstić information content (AvgIpc) is 2.52. The number of carbonyl (C=O) groups excluding carboxylic acids is 1. The van der Waals surface area contributed by atoms with E-state index in [1.54, 1.807) is 17.0 Å². The van der Waals surface area contributed by atoms with Crippen LogP contribution in [-0.2, 0) is 4.79 Å². The van der Waals surface area contributed by atoms with Crippen molar-refractivity contribution in [1.29, 1.82) is 0 Å². The van der Waals surface area contributed by atoms with Gasteiger partial charge >= 0.3 is 18.0 Å². The number of hydrogen-bond donors (Lipinski definition) is 3. The van der Waals surface area contributed by atoms with Crippen LogP contribution in [0.4, 0.5) is 4.79 Å². The minimum atomic E-state index is -1.09. The van der Waals surface area contributed by atoms with Crippen LogP contribution in [0, 0.1) is 0 Å². The number of aliphatic carboxylic acids is 1. The van der Waals surface area contributed by atoms with Gasteiger partial charge in [-0.05, 0) is 30.5 Å². The van der Waals surface area contributed by atoms with Crippen molar-refractivity contribution >= 4 is 18.0 Å². The number of carboxylic acids is 2. The molecule has 1 saturated heterocycles. The quantitative estimate of drug-likeness (QED) is 0.778. The van der Waals surface area contributed by atoms with Gasteiger partial charge in [0.05, 0.1) is 5.56 Å². The molecule has 1 fully saturated rings. The molecule has 1 aromatic carbocycles. The molecule has 1 aliphatic rings. The number of benzene rings is 1. The number of aromatic carboxylic acids is 1. The number of likely N-dealkylation sites (tertiary alicyclic amines) is 1. The van der Waals surface area contributed by atoms with Gasteiger partial charge < -0.3 is 20.4 Å². The molecular weight excluding hydrogens is 288 g/mol. The lowest BCUT2D eigenvalue weighted by molar-refractivity contribution is -0.135. The van der Waals surface area contributed by atoms with Crippen molar-refractivity contribution in [2.24, 2.45) is 0 Å². The van der Waals surface area contributed by atoms with E-state index < -0.39 is 24.5 Å². The summed E-state index contributed by atoms with van der Waals surface area (Å²) in [6, 6.07) is 6.32. The van der Waals surface area contributed by atoms with Crippen LogP contribution < -0.4 is 5.32 Å². The standard InChI is InChI=1S/C15H18N2O5/c18-13(19)8-16-15(22)17-6-2-5-12(9-17)10-3-1-4-11(7-10)14(20)21/h1,3-4,7,12H,2,5-6,8-9H2,(H,16,22)(H,18,19)(H,20,21)/t12-/m1/s1. The van der Waals surface area contributed by atoms with Gasteiger partial charge in [-0.25, -0.2) is 9.59 Å². The topological polar surface area (TPSA) is 107 Å². The Bertz CT molecular complexity index is 587. The number of carbonyl (C=O) groups is 3. The van der Waals surface area contributed by atoms with Crippen molar-refractivity contribution < 1.29 is 24.6 Å². The van der Waals surface area contributed by atoms with E-state index in [4.69, 9.17) is 10.2 Å². The Kier molecular flexibility index (Phi) is 4.98. The zero-order valence-corrected chi connectivity index (χ0v) is 12.0. The summed E-state index contributed by atoms with van der Waals surface area (Å²) in [6.07, 6.45) is 1.66. The van der Waals surface area contributed by atoms with Crippen LogP contribution in [-0.4, -0.2) is 52.7 Å². The molecule has 7 nitrogen and oxygen atoms in total. The average molecular weight is 306 g/mol. The van der Waals surface area contributed by atoms with Gasteiger partial charge in [-0.15, -0.1) is 0 Å². The molecule has 1 aromatic rings. The fourth-order valence-electron chi connectivity index (χ4n) is 2.62. The molecule has 2 amide bonds. The summed E-state index contributed by atoms with van der Waals surface area (Å²) < 4.78 is 0. The van der Waals surface area contributed by atoms with Crippen molar-refractivity contribution in [3.05, 3.63) is 35.4 Å². The van der Waals surface area contributed by atoms with E-state index in [9.17, 15) is 14.4 Å². The molecule has 3 N–H and O–H groups in total. The van der Waals surface area contributed by atoms with Gasteiger partial charge in [0.1, 0.15) is 6.54 Å². The highest BCUT2D eigenvalue weighted by Gasteiger charge is 2.25. The Morgan fingerprint density at radius 3 is 2.73 bits per heavy atom. The summed E-state index contributed by atoms with van der Waals surface area (Å²) in [5.41, 5.74) is 1.11. The molecule has 1 atom stereocenters. The van der Waals surface area contributed by atoms with E-state index in [1.807, 2.05) is 6.07 Å². The normalized spacial score (nSPS) is 17.8. The molecule has 0 radical (unpaired) electrons. The minimum absolute atomic E-state index is 0.0589. The first kappa shape index (κ1) is 15.8. The maximum absolute atomic E-state index is 11.9. The third kappa shape index (κ3) is 3.97. The summed E-state index contributed by atoms with van der Waals surface area (Å²) in [4.78, 5) is 35.0. The molecule has 0 bridgehead atoms. The van der Waals surface area contributed by atoms with E-state index in [0.717, 1.165) is 18.4 Å². The largest absolute Gasteiger partial charge is 0.480 e. The first-order valence-corrected chi connectivity index (χ1v) is 7.05. The van der Waals surface area contributed by atoms with Crippen LogP contribution in [0.25, 0.3) is 0 Å². The highest BCUT2D eigenvalue weighted by molar-refractivity contribution is 5.87. The van der Waals surface area contributed by atoms with Crippen LogP contribution in [0.2, 0.25) is 0 Å². The lowest BCUT2D eigenvalue weighted by atomic mass is 9.90. The lowest BCUT2D eigenvalue weighted by Gasteiger charge is -2.33. The molecule has 0 unspecified atom stereocenters. The summed E-state index contributed by atoms with van der Waals surface area (Å²) in [7, 11) is 0. The van der Waals surface area contributed by atoms with E-state index in [1.165, 1.54) is 6.07 Å². The first-order valence-electron chi connectivity index (χ1n) is 7.05. The maximum Gasteiger partial charge on any atom is 0.335 e. The van der Waals surface area contributed by atoms with E-state index in [2.05, 4.69) is 5.32 Å². The Labute approximate surface area is 127 Å². The highest BCUT2D eigenvalue weighted by atomic mass is 16.4. The van der Waals surface area contributed by atoms with Gasteiger partial charge in [-0.1, -0.05) is 12.1 Å². The predicted molar refractivity (Wildman–Crippen MR) is 78.0 cm³/mol. The molecule has 7 heteroatoms. The van der Waals surface area contributed by atoms with Gasteiger partial charge in [0.25, 0.3) is 0 Å². The molecule has 0 aromatic heterocycles. The predicted octanol–water partition coefficient (Wildman–Crippen LogP) is 1.36. The summed E-state index contributed by atoms with van der Waals surface area (Å²) in [5.74, 6) is -2.01. The zero-order chi connectivity index (χ0) is 16.1. The van der Waals surface area contributed by atoms with Gasteiger partial charge in [0.15, 0.2) is 0 Å². The van der Waals surface area contributed by atoms with Crippen molar-refractivity contribution in [3.63, 3.8) is 0 Å². The molecule has 0 spiro atoms. The first-order chi connectivity index (χ1) is 10.5. The fourth-order valence-corrected chi connectivity index (χ4v) is 2.62. The van der Waals surface area contributed by atoms with Gasteiger partial charge in [-0.3, -0.25) is 4.79 Å². The van der Waals surface area contributed by atoms with Gasteiger partial charge in [-0.2, -0.15) is 0 Å². The second-order valence-electron chi connectivity index (χ2n) is 5.27. The smallest absolute Gasteiger partial charge is 0.335 e. The second-order valence-corrected chi connectivity index (χ2v) is 5.27. The molecule has 22 heavy (non-hydrogen) atoms. The van der Waals surface area contributed by atoms with Crippen LogP contribution in [0.1, 0.15) is 34.7 Å². The highest BCUT2D eigenvalue weighted by Crippen LogP contribution is 2.27. The Morgan fingerprint density at radius 1 is 1.27 bits per heavy atom. The van der Waals surface area contributed by atoms with E-state index in [-0.39, 0.29) is 11.5 Å². The molecule has 2 rings (SSSR count). The minimum Gasteiger partial charge on any atom is -0.480 e.